The van der Waals surface area contributed by atoms with Gasteiger partial charge in [-0.2, -0.15) is 0 Å². The smallest absolute Gasteiger partial charge is 0.253 e. The fourth-order valence-corrected chi connectivity index (χ4v) is 2.53. The predicted octanol–water partition coefficient (Wildman–Crippen LogP) is 1.19. The van der Waals surface area contributed by atoms with E-state index in [1.807, 2.05) is 12.1 Å². The molecule has 1 fully saturated rings. The molecule has 1 aliphatic heterocycles. The second kappa shape index (κ2) is 6.54. The lowest BCUT2D eigenvalue weighted by Gasteiger charge is -2.32. The molecular formula is C14H22N4O. The third-order valence-electron chi connectivity index (χ3n) is 3.62. The number of amides is 1. The van der Waals surface area contributed by atoms with E-state index in [1.54, 1.807) is 12.1 Å². The van der Waals surface area contributed by atoms with Gasteiger partial charge in [0.2, 0.25) is 0 Å². The number of nitrogen functional groups attached to an aromatic ring is 1. The van der Waals surface area contributed by atoms with Gasteiger partial charge >= 0.3 is 0 Å². The van der Waals surface area contributed by atoms with Gasteiger partial charge in [-0.05, 0) is 38.1 Å². The number of carbonyl (C=O) groups is 1. The predicted molar refractivity (Wildman–Crippen MR) is 76.9 cm³/mol. The topological polar surface area (TPSA) is 70.4 Å². The number of likely N-dealkylation sites (N-methyl/N-ethyl adjacent to an activating group) is 1. The number of piperidine rings is 1. The van der Waals surface area contributed by atoms with Crippen molar-refractivity contribution in [2.45, 2.75) is 25.8 Å². The van der Waals surface area contributed by atoms with Crippen LogP contribution in [0.4, 0.5) is 5.69 Å². The molecule has 19 heavy (non-hydrogen) atoms. The average molecular weight is 262 g/mol. The molecule has 0 aromatic heterocycles. The van der Waals surface area contributed by atoms with E-state index in [1.165, 1.54) is 0 Å². The normalized spacial score (nSPS) is 20.0. The van der Waals surface area contributed by atoms with Gasteiger partial charge in [-0.3, -0.25) is 10.6 Å². The molecule has 4 N–H and O–H groups in total. The van der Waals surface area contributed by atoms with Crippen LogP contribution in [0.15, 0.2) is 24.3 Å². The van der Waals surface area contributed by atoms with Crippen LogP contribution < -0.4 is 16.6 Å². The minimum Gasteiger partial charge on any atom is -0.348 e. The standard InChI is InChI=1S/C14H22N4O/c1-2-18-9-5-6-11(10-18)16-14(19)12-7-3-4-8-13(12)17-15/h3-4,7-8,11,17H,2,5-6,9-10,15H2,1H3,(H,16,19). The molecule has 1 aliphatic rings. The van der Waals surface area contributed by atoms with E-state index in [0.29, 0.717) is 11.3 Å². The number of likely N-dealkylation sites (tertiary alicyclic amines) is 1. The SMILES string of the molecule is CCN1CCCC(NC(=O)c2ccccc2NN)C1. The van der Waals surface area contributed by atoms with Crippen LogP contribution in [0, 0.1) is 0 Å². The third kappa shape index (κ3) is 3.45. The molecule has 5 heteroatoms. The van der Waals surface area contributed by atoms with Crippen molar-refractivity contribution in [3.63, 3.8) is 0 Å². The molecule has 0 saturated carbocycles. The van der Waals surface area contributed by atoms with Gasteiger partial charge in [-0.1, -0.05) is 19.1 Å². The number of nitrogens with one attached hydrogen (secondary N) is 2. The Morgan fingerprint density at radius 2 is 2.26 bits per heavy atom. The molecule has 104 valence electrons. The first-order valence-electron chi connectivity index (χ1n) is 6.83. The summed E-state index contributed by atoms with van der Waals surface area (Å²) in [5, 5.41) is 3.10. The van der Waals surface area contributed by atoms with Crippen LogP contribution in [0.5, 0.6) is 0 Å². The maximum Gasteiger partial charge on any atom is 0.253 e. The van der Waals surface area contributed by atoms with Crippen LogP contribution in [-0.2, 0) is 0 Å². The molecule has 0 spiro atoms. The number of anilines is 1. The minimum absolute atomic E-state index is 0.0588. The molecule has 0 bridgehead atoms. The summed E-state index contributed by atoms with van der Waals surface area (Å²) >= 11 is 0. The van der Waals surface area contributed by atoms with Gasteiger partial charge in [0.25, 0.3) is 5.91 Å². The van der Waals surface area contributed by atoms with Crippen molar-refractivity contribution in [3.05, 3.63) is 29.8 Å². The number of nitrogens with zero attached hydrogens (tertiary/aromatic N) is 1. The first-order valence-corrected chi connectivity index (χ1v) is 6.83. The van der Waals surface area contributed by atoms with E-state index in [-0.39, 0.29) is 11.9 Å². The number of rotatable bonds is 4. The molecule has 1 amide bonds. The number of hydrogen-bond donors (Lipinski definition) is 3. The molecule has 1 aromatic carbocycles. The Labute approximate surface area is 114 Å². The highest BCUT2D eigenvalue weighted by molar-refractivity contribution is 5.99. The monoisotopic (exact) mass is 262 g/mol. The van der Waals surface area contributed by atoms with E-state index >= 15 is 0 Å². The van der Waals surface area contributed by atoms with Crippen molar-refractivity contribution >= 4 is 11.6 Å². The number of hydrazine groups is 1. The van der Waals surface area contributed by atoms with Crippen LogP contribution in [0.1, 0.15) is 30.1 Å². The van der Waals surface area contributed by atoms with Gasteiger partial charge in [0, 0.05) is 12.6 Å². The summed E-state index contributed by atoms with van der Waals surface area (Å²) in [7, 11) is 0. The second-order valence-corrected chi connectivity index (χ2v) is 4.90. The Bertz CT molecular complexity index is 435. The molecule has 1 heterocycles. The number of para-hydroxylation sites is 1. The van der Waals surface area contributed by atoms with Crippen LogP contribution >= 0.6 is 0 Å². The quantitative estimate of drug-likeness (QED) is 0.563. The van der Waals surface area contributed by atoms with Crippen LogP contribution in [0.2, 0.25) is 0 Å². The molecular weight excluding hydrogens is 240 g/mol. The highest BCUT2D eigenvalue weighted by atomic mass is 16.1. The lowest BCUT2D eigenvalue weighted by Crippen LogP contribution is -2.47. The molecule has 0 radical (unpaired) electrons. The van der Waals surface area contributed by atoms with Gasteiger partial charge < -0.3 is 15.6 Å². The maximum atomic E-state index is 12.3. The zero-order valence-corrected chi connectivity index (χ0v) is 11.4. The van der Waals surface area contributed by atoms with Gasteiger partial charge in [0.15, 0.2) is 0 Å². The van der Waals surface area contributed by atoms with Crippen LogP contribution in [0.25, 0.3) is 0 Å². The Kier molecular flexibility index (Phi) is 4.76. The Balaban J connectivity index is 2.00. The van der Waals surface area contributed by atoms with Crippen molar-refractivity contribution in [3.8, 4) is 0 Å². The van der Waals surface area contributed by atoms with E-state index in [2.05, 4.69) is 22.6 Å². The number of nitrogens with two attached hydrogens (primary N) is 1. The highest BCUT2D eigenvalue weighted by Crippen LogP contribution is 2.15. The summed E-state index contributed by atoms with van der Waals surface area (Å²) in [4.78, 5) is 14.6. The number of carbonyl (C=O) groups excluding carboxylic acids is 1. The summed E-state index contributed by atoms with van der Waals surface area (Å²) < 4.78 is 0. The van der Waals surface area contributed by atoms with Crippen LogP contribution in [-0.4, -0.2) is 36.5 Å². The molecule has 5 nitrogen and oxygen atoms in total. The first-order chi connectivity index (χ1) is 9.24. The van der Waals surface area contributed by atoms with Gasteiger partial charge in [0.05, 0.1) is 11.3 Å². The van der Waals surface area contributed by atoms with Gasteiger partial charge in [0.1, 0.15) is 0 Å². The Morgan fingerprint density at radius 1 is 1.47 bits per heavy atom. The van der Waals surface area contributed by atoms with E-state index in [9.17, 15) is 4.79 Å². The fourth-order valence-electron chi connectivity index (χ4n) is 2.53. The first kappa shape index (κ1) is 13.8. The van der Waals surface area contributed by atoms with E-state index in [0.717, 1.165) is 32.5 Å². The largest absolute Gasteiger partial charge is 0.348 e. The second-order valence-electron chi connectivity index (χ2n) is 4.90. The fraction of sp³-hybridized carbons (Fsp3) is 0.500. The molecule has 0 aliphatic carbocycles. The third-order valence-corrected chi connectivity index (χ3v) is 3.62. The highest BCUT2D eigenvalue weighted by Gasteiger charge is 2.21. The summed E-state index contributed by atoms with van der Waals surface area (Å²) in [5.74, 6) is 5.37. The maximum absolute atomic E-state index is 12.3. The summed E-state index contributed by atoms with van der Waals surface area (Å²) in [5.41, 5.74) is 3.81. The lowest BCUT2D eigenvalue weighted by atomic mass is 10.0. The van der Waals surface area contributed by atoms with Gasteiger partial charge in [-0.15, -0.1) is 0 Å². The van der Waals surface area contributed by atoms with Crippen molar-refractivity contribution < 1.29 is 4.79 Å². The average Bonchev–Trinajstić information content (AvgIpc) is 2.47. The summed E-state index contributed by atoms with van der Waals surface area (Å²) in [6.45, 7) is 5.25. The molecule has 1 unspecified atom stereocenters. The number of hydrogen-bond acceptors (Lipinski definition) is 4. The van der Waals surface area contributed by atoms with Gasteiger partial charge in [-0.25, -0.2) is 0 Å². The Morgan fingerprint density at radius 3 is 3.00 bits per heavy atom. The lowest BCUT2D eigenvalue weighted by molar-refractivity contribution is 0.0906. The number of benzene rings is 1. The van der Waals surface area contributed by atoms with Crippen molar-refractivity contribution in [1.82, 2.24) is 10.2 Å². The zero-order valence-electron chi connectivity index (χ0n) is 11.4. The summed E-state index contributed by atoms with van der Waals surface area (Å²) in [6, 6.07) is 7.51. The molecule has 1 saturated heterocycles. The van der Waals surface area contributed by atoms with Crippen molar-refractivity contribution in [2.24, 2.45) is 5.84 Å². The Hall–Kier alpha value is -1.59. The van der Waals surface area contributed by atoms with Crippen molar-refractivity contribution in [2.75, 3.05) is 25.1 Å². The van der Waals surface area contributed by atoms with Crippen molar-refractivity contribution in [1.29, 1.82) is 0 Å². The molecule has 2 rings (SSSR count). The summed E-state index contributed by atoms with van der Waals surface area (Å²) in [6.07, 6.45) is 2.18. The van der Waals surface area contributed by atoms with E-state index < -0.39 is 0 Å². The van der Waals surface area contributed by atoms with Crippen LogP contribution in [0.3, 0.4) is 0 Å². The zero-order chi connectivity index (χ0) is 13.7. The minimum atomic E-state index is -0.0588. The van der Waals surface area contributed by atoms with E-state index in [4.69, 9.17) is 5.84 Å². The molecule has 1 aromatic rings. The molecule has 1 atom stereocenters.